The van der Waals surface area contributed by atoms with E-state index in [1.54, 1.807) is 31.2 Å². The van der Waals surface area contributed by atoms with Crippen molar-refractivity contribution in [2.75, 3.05) is 0 Å². The highest BCUT2D eigenvalue weighted by molar-refractivity contribution is 6.01. The molecule has 2 N–H and O–H groups in total. The SMILES string of the molecule is CCCCc1nc2cc(C(=O)C(C)CC(=O)O)ccc2n1Cc1ccc(-c2ccccc2OC(=O)O)cc1. The highest BCUT2D eigenvalue weighted by Gasteiger charge is 2.20. The third kappa shape index (κ3) is 6.08. The van der Waals surface area contributed by atoms with Crippen LogP contribution in [-0.2, 0) is 17.8 Å². The lowest BCUT2D eigenvalue weighted by atomic mass is 9.96. The van der Waals surface area contributed by atoms with Crippen LogP contribution < -0.4 is 4.74 Å². The molecule has 0 aliphatic rings. The Labute approximate surface area is 220 Å². The van der Waals surface area contributed by atoms with E-state index in [1.807, 2.05) is 42.5 Å². The van der Waals surface area contributed by atoms with E-state index >= 15 is 0 Å². The molecule has 1 atom stereocenters. The lowest BCUT2D eigenvalue weighted by molar-refractivity contribution is -0.137. The number of aryl methyl sites for hydroxylation is 1. The Kier molecular flexibility index (Phi) is 8.21. The van der Waals surface area contributed by atoms with Crippen molar-refractivity contribution < 1.29 is 29.3 Å². The Balaban J connectivity index is 1.63. The summed E-state index contributed by atoms with van der Waals surface area (Å²) in [5, 5.41) is 18.1. The summed E-state index contributed by atoms with van der Waals surface area (Å²) >= 11 is 0. The minimum atomic E-state index is -1.36. The van der Waals surface area contributed by atoms with Gasteiger partial charge in [-0.05, 0) is 41.8 Å². The Morgan fingerprint density at radius 2 is 1.74 bits per heavy atom. The number of benzene rings is 3. The highest BCUT2D eigenvalue weighted by Crippen LogP contribution is 2.30. The van der Waals surface area contributed by atoms with E-state index in [4.69, 9.17) is 19.9 Å². The molecule has 4 rings (SSSR count). The number of carboxylic acids is 1. The first kappa shape index (κ1) is 26.6. The first-order valence-corrected chi connectivity index (χ1v) is 12.6. The maximum Gasteiger partial charge on any atom is 0.511 e. The molecule has 0 amide bonds. The second-order valence-corrected chi connectivity index (χ2v) is 9.35. The number of ether oxygens (including phenoxy) is 1. The molecule has 196 valence electrons. The molecule has 8 nitrogen and oxygen atoms in total. The number of aromatic nitrogens is 2. The first-order chi connectivity index (χ1) is 18.3. The van der Waals surface area contributed by atoms with Crippen LogP contribution in [0.25, 0.3) is 22.2 Å². The number of unbranched alkanes of at least 4 members (excludes halogenated alkanes) is 1. The van der Waals surface area contributed by atoms with E-state index in [2.05, 4.69) is 11.5 Å². The number of fused-ring (bicyclic) bond motifs is 1. The molecular formula is C30H30N2O6. The number of carbonyl (C=O) groups excluding carboxylic acids is 1. The third-order valence-corrected chi connectivity index (χ3v) is 6.48. The number of ketones is 1. The van der Waals surface area contributed by atoms with Crippen LogP contribution in [0.15, 0.2) is 66.7 Å². The standard InChI is InChI=1S/C30H30N2O6/c1-3-4-9-27-31-24-17-22(29(35)19(2)16-28(33)34)14-15-25(24)32(27)18-20-10-12-21(13-11-20)23-7-5-6-8-26(23)38-30(36)37/h5-8,10-15,17,19H,3-4,9,16,18H2,1-2H3,(H,33,34)(H,36,37). The second-order valence-electron chi connectivity index (χ2n) is 9.35. The van der Waals surface area contributed by atoms with Crippen LogP contribution >= 0.6 is 0 Å². The molecule has 8 heteroatoms. The maximum atomic E-state index is 12.8. The largest absolute Gasteiger partial charge is 0.511 e. The van der Waals surface area contributed by atoms with Crippen LogP contribution in [0.2, 0.25) is 0 Å². The number of para-hydroxylation sites is 1. The summed E-state index contributed by atoms with van der Waals surface area (Å²) in [6.07, 6.45) is 1.22. The average Bonchev–Trinajstić information content (AvgIpc) is 3.23. The lowest BCUT2D eigenvalue weighted by Gasteiger charge is -2.12. The Hall–Kier alpha value is -4.46. The number of Topliss-reactive ketones (excluding diaryl/α,β-unsaturated/α-hetero) is 1. The molecule has 4 aromatic rings. The summed E-state index contributed by atoms with van der Waals surface area (Å²) in [6.45, 7) is 4.33. The van der Waals surface area contributed by atoms with Crippen molar-refractivity contribution in [2.45, 2.75) is 46.1 Å². The molecule has 0 saturated carbocycles. The van der Waals surface area contributed by atoms with E-state index in [1.165, 1.54) is 0 Å². The third-order valence-electron chi connectivity index (χ3n) is 6.48. The molecule has 0 fully saturated rings. The molecule has 0 saturated heterocycles. The van der Waals surface area contributed by atoms with Gasteiger partial charge < -0.3 is 19.5 Å². The molecule has 1 aromatic heterocycles. The second kappa shape index (κ2) is 11.7. The Morgan fingerprint density at radius 3 is 2.42 bits per heavy atom. The fourth-order valence-corrected chi connectivity index (χ4v) is 4.53. The predicted octanol–water partition coefficient (Wildman–Crippen LogP) is 6.44. The van der Waals surface area contributed by atoms with Gasteiger partial charge >= 0.3 is 12.1 Å². The van der Waals surface area contributed by atoms with Crippen molar-refractivity contribution in [3.63, 3.8) is 0 Å². The Morgan fingerprint density at radius 1 is 1.00 bits per heavy atom. The number of rotatable bonds is 11. The number of hydrogen-bond donors (Lipinski definition) is 2. The van der Waals surface area contributed by atoms with Gasteiger partial charge in [0.25, 0.3) is 0 Å². The molecule has 0 aliphatic carbocycles. The summed E-state index contributed by atoms with van der Waals surface area (Å²) < 4.78 is 7.08. The van der Waals surface area contributed by atoms with Crippen LogP contribution in [0.1, 0.15) is 54.9 Å². The van der Waals surface area contributed by atoms with Gasteiger partial charge in [0.15, 0.2) is 5.78 Å². The van der Waals surface area contributed by atoms with Gasteiger partial charge in [-0.2, -0.15) is 0 Å². The van der Waals surface area contributed by atoms with E-state index < -0.39 is 18.0 Å². The van der Waals surface area contributed by atoms with Crippen molar-refractivity contribution in [1.82, 2.24) is 9.55 Å². The van der Waals surface area contributed by atoms with Crippen LogP contribution in [0.4, 0.5) is 4.79 Å². The van der Waals surface area contributed by atoms with Crippen LogP contribution in [0.5, 0.6) is 5.75 Å². The van der Waals surface area contributed by atoms with Crippen LogP contribution in [0, 0.1) is 5.92 Å². The zero-order chi connectivity index (χ0) is 27.2. The number of hydrogen-bond acceptors (Lipinski definition) is 5. The fourth-order valence-electron chi connectivity index (χ4n) is 4.53. The van der Waals surface area contributed by atoms with Crippen molar-refractivity contribution in [3.8, 4) is 16.9 Å². The molecular weight excluding hydrogens is 484 g/mol. The summed E-state index contributed by atoms with van der Waals surface area (Å²) in [7, 11) is 0. The van der Waals surface area contributed by atoms with E-state index in [9.17, 15) is 14.4 Å². The van der Waals surface area contributed by atoms with E-state index in [0.29, 0.717) is 23.2 Å². The number of imidazole rings is 1. The average molecular weight is 515 g/mol. The van der Waals surface area contributed by atoms with Crippen LogP contribution in [-0.4, -0.2) is 37.7 Å². The minimum Gasteiger partial charge on any atom is -0.481 e. The van der Waals surface area contributed by atoms with Gasteiger partial charge in [-0.15, -0.1) is 0 Å². The number of carboxylic acid groups (broad SMARTS) is 2. The normalized spacial score (nSPS) is 11.8. The topological polar surface area (TPSA) is 119 Å². The zero-order valence-corrected chi connectivity index (χ0v) is 21.4. The van der Waals surface area contributed by atoms with Gasteiger partial charge in [0.2, 0.25) is 0 Å². The smallest absolute Gasteiger partial charge is 0.481 e. The minimum absolute atomic E-state index is 0.207. The number of carbonyl (C=O) groups is 3. The van der Waals surface area contributed by atoms with Gasteiger partial charge in [0, 0.05) is 30.0 Å². The zero-order valence-electron chi connectivity index (χ0n) is 21.4. The van der Waals surface area contributed by atoms with Crippen molar-refractivity contribution in [2.24, 2.45) is 5.92 Å². The first-order valence-electron chi connectivity index (χ1n) is 12.6. The summed E-state index contributed by atoms with van der Waals surface area (Å²) in [5.41, 5.74) is 4.64. The van der Waals surface area contributed by atoms with Crippen molar-refractivity contribution in [3.05, 3.63) is 83.7 Å². The summed E-state index contributed by atoms with van der Waals surface area (Å²) in [6, 6.07) is 20.2. The molecule has 3 aromatic carbocycles. The summed E-state index contributed by atoms with van der Waals surface area (Å²) in [5.74, 6) is -0.618. The van der Waals surface area contributed by atoms with Gasteiger partial charge in [0.1, 0.15) is 11.6 Å². The van der Waals surface area contributed by atoms with Crippen LogP contribution in [0.3, 0.4) is 0 Å². The molecule has 0 radical (unpaired) electrons. The van der Waals surface area contributed by atoms with Gasteiger partial charge in [-0.1, -0.05) is 62.7 Å². The van der Waals surface area contributed by atoms with Crippen molar-refractivity contribution >= 4 is 28.9 Å². The quantitative estimate of drug-likeness (QED) is 0.134. The van der Waals surface area contributed by atoms with E-state index in [0.717, 1.165) is 41.7 Å². The monoisotopic (exact) mass is 514 g/mol. The fraction of sp³-hybridized carbons (Fsp3) is 0.267. The maximum absolute atomic E-state index is 12.8. The van der Waals surface area contributed by atoms with Gasteiger partial charge in [-0.3, -0.25) is 9.59 Å². The van der Waals surface area contributed by atoms with Gasteiger partial charge in [-0.25, -0.2) is 9.78 Å². The molecule has 0 bridgehead atoms. The van der Waals surface area contributed by atoms with E-state index in [-0.39, 0.29) is 18.0 Å². The Bertz CT molecular complexity index is 1470. The lowest BCUT2D eigenvalue weighted by Crippen LogP contribution is -2.15. The van der Waals surface area contributed by atoms with Gasteiger partial charge in [0.05, 0.1) is 17.5 Å². The molecule has 0 spiro atoms. The predicted molar refractivity (Wildman–Crippen MR) is 144 cm³/mol. The molecule has 1 heterocycles. The molecule has 1 unspecified atom stereocenters. The summed E-state index contributed by atoms with van der Waals surface area (Å²) in [4.78, 5) is 39.7. The number of nitrogens with zero attached hydrogens (tertiary/aromatic N) is 2. The molecule has 38 heavy (non-hydrogen) atoms. The number of aliphatic carboxylic acids is 1. The van der Waals surface area contributed by atoms with Crippen molar-refractivity contribution in [1.29, 1.82) is 0 Å². The highest BCUT2D eigenvalue weighted by atomic mass is 16.7. The molecule has 0 aliphatic heterocycles.